The van der Waals surface area contributed by atoms with Crippen LogP contribution in [0.15, 0.2) is 0 Å². The Labute approximate surface area is 134 Å². The summed E-state index contributed by atoms with van der Waals surface area (Å²) in [6.45, 7) is 9.06. The molecule has 0 radical (unpaired) electrons. The summed E-state index contributed by atoms with van der Waals surface area (Å²) in [4.78, 5) is 0. The van der Waals surface area contributed by atoms with Crippen LogP contribution in [0.2, 0.25) is 0 Å². The molecule has 0 fully saturated rings. The SMILES string of the molecule is CCCCCCC(CCCC)CC(CC)CC(O)CCC. The number of unbranched alkanes of at least 4 members (excludes halogenated alkanes) is 4. The summed E-state index contributed by atoms with van der Waals surface area (Å²) < 4.78 is 0. The zero-order valence-electron chi connectivity index (χ0n) is 15.4. The summed E-state index contributed by atoms with van der Waals surface area (Å²) in [7, 11) is 0. The number of aliphatic hydroxyl groups is 1. The van der Waals surface area contributed by atoms with E-state index in [1.54, 1.807) is 0 Å². The molecule has 3 unspecified atom stereocenters. The topological polar surface area (TPSA) is 20.2 Å². The molecule has 21 heavy (non-hydrogen) atoms. The predicted molar refractivity (Wildman–Crippen MR) is 95.7 cm³/mol. The highest BCUT2D eigenvalue weighted by atomic mass is 16.3. The number of aliphatic hydroxyl groups excluding tert-OH is 1. The molecule has 0 aromatic rings. The van der Waals surface area contributed by atoms with Gasteiger partial charge in [0.05, 0.1) is 6.10 Å². The van der Waals surface area contributed by atoms with Crippen LogP contribution >= 0.6 is 0 Å². The average molecular weight is 299 g/mol. The molecule has 0 bridgehead atoms. The minimum atomic E-state index is -0.0631. The highest BCUT2D eigenvalue weighted by Gasteiger charge is 2.18. The third-order valence-electron chi connectivity index (χ3n) is 4.90. The summed E-state index contributed by atoms with van der Waals surface area (Å²) >= 11 is 0. The van der Waals surface area contributed by atoms with Gasteiger partial charge in [0.1, 0.15) is 0 Å². The lowest BCUT2D eigenvalue weighted by Crippen LogP contribution is -2.16. The van der Waals surface area contributed by atoms with Gasteiger partial charge < -0.3 is 5.11 Å². The fraction of sp³-hybridized carbons (Fsp3) is 1.00. The summed E-state index contributed by atoms with van der Waals surface area (Å²) in [6, 6.07) is 0. The van der Waals surface area contributed by atoms with Gasteiger partial charge in [-0.2, -0.15) is 0 Å². The van der Waals surface area contributed by atoms with Gasteiger partial charge in [-0.1, -0.05) is 91.9 Å². The van der Waals surface area contributed by atoms with Crippen LogP contribution in [0.25, 0.3) is 0 Å². The standard InChI is InChI=1S/C20H42O/c1-5-9-11-12-15-19(14-10-6-2)16-18(8-4)17-20(21)13-7-3/h18-21H,5-17H2,1-4H3. The van der Waals surface area contributed by atoms with Crippen molar-refractivity contribution in [2.24, 2.45) is 11.8 Å². The lowest BCUT2D eigenvalue weighted by atomic mass is 9.83. The van der Waals surface area contributed by atoms with Crippen molar-refractivity contribution in [3.63, 3.8) is 0 Å². The highest BCUT2D eigenvalue weighted by molar-refractivity contribution is 4.70. The molecule has 3 atom stereocenters. The van der Waals surface area contributed by atoms with Gasteiger partial charge in [-0.15, -0.1) is 0 Å². The molecular formula is C20H42O. The van der Waals surface area contributed by atoms with E-state index < -0.39 is 0 Å². The first kappa shape index (κ1) is 21.0. The largest absolute Gasteiger partial charge is 0.393 e. The molecule has 1 N–H and O–H groups in total. The molecule has 0 heterocycles. The van der Waals surface area contributed by atoms with Gasteiger partial charge in [0.25, 0.3) is 0 Å². The van der Waals surface area contributed by atoms with Crippen LogP contribution in [0.5, 0.6) is 0 Å². The lowest BCUT2D eigenvalue weighted by molar-refractivity contribution is 0.121. The molecule has 1 heteroatoms. The highest BCUT2D eigenvalue weighted by Crippen LogP contribution is 2.29. The van der Waals surface area contributed by atoms with E-state index in [2.05, 4.69) is 27.7 Å². The Morgan fingerprint density at radius 2 is 1.29 bits per heavy atom. The van der Waals surface area contributed by atoms with Crippen LogP contribution < -0.4 is 0 Å². The quantitative estimate of drug-likeness (QED) is 0.332. The third kappa shape index (κ3) is 12.2. The van der Waals surface area contributed by atoms with Crippen molar-refractivity contribution in [1.82, 2.24) is 0 Å². The van der Waals surface area contributed by atoms with E-state index in [-0.39, 0.29) is 6.10 Å². The van der Waals surface area contributed by atoms with Gasteiger partial charge in [0.2, 0.25) is 0 Å². The molecule has 0 rings (SSSR count). The van der Waals surface area contributed by atoms with Crippen molar-refractivity contribution < 1.29 is 5.11 Å². The Morgan fingerprint density at radius 3 is 1.86 bits per heavy atom. The average Bonchev–Trinajstić information content (AvgIpc) is 2.48. The first-order valence-electron chi connectivity index (χ1n) is 9.85. The predicted octanol–water partition coefficient (Wildman–Crippen LogP) is 6.73. The molecule has 0 spiro atoms. The van der Waals surface area contributed by atoms with Crippen LogP contribution in [0.1, 0.15) is 111 Å². The van der Waals surface area contributed by atoms with Gasteiger partial charge in [0.15, 0.2) is 0 Å². The second-order valence-corrected chi connectivity index (χ2v) is 7.05. The monoisotopic (exact) mass is 298 g/mol. The molecule has 0 aliphatic heterocycles. The molecule has 0 saturated heterocycles. The molecule has 0 aliphatic rings. The Morgan fingerprint density at radius 1 is 0.619 bits per heavy atom. The fourth-order valence-electron chi connectivity index (χ4n) is 3.47. The van der Waals surface area contributed by atoms with E-state index in [1.165, 1.54) is 64.2 Å². The van der Waals surface area contributed by atoms with Crippen molar-refractivity contribution in [3.05, 3.63) is 0 Å². The molecule has 0 aliphatic carbocycles. The van der Waals surface area contributed by atoms with Crippen LogP contribution in [0.4, 0.5) is 0 Å². The van der Waals surface area contributed by atoms with Crippen molar-refractivity contribution in [2.45, 2.75) is 117 Å². The van der Waals surface area contributed by atoms with Gasteiger partial charge in [-0.25, -0.2) is 0 Å². The number of hydrogen-bond donors (Lipinski definition) is 1. The van der Waals surface area contributed by atoms with Crippen molar-refractivity contribution in [1.29, 1.82) is 0 Å². The Balaban J connectivity index is 4.18. The van der Waals surface area contributed by atoms with E-state index >= 15 is 0 Å². The molecule has 128 valence electrons. The molecule has 0 aromatic carbocycles. The zero-order chi connectivity index (χ0) is 15.9. The third-order valence-corrected chi connectivity index (χ3v) is 4.90. The molecule has 0 amide bonds. The van der Waals surface area contributed by atoms with Crippen LogP contribution in [0.3, 0.4) is 0 Å². The van der Waals surface area contributed by atoms with E-state index in [4.69, 9.17) is 0 Å². The first-order valence-corrected chi connectivity index (χ1v) is 9.85. The summed E-state index contributed by atoms with van der Waals surface area (Å²) in [5.41, 5.74) is 0. The van der Waals surface area contributed by atoms with Crippen molar-refractivity contribution >= 4 is 0 Å². The maximum absolute atomic E-state index is 10.1. The van der Waals surface area contributed by atoms with E-state index in [0.29, 0.717) is 0 Å². The van der Waals surface area contributed by atoms with Crippen LogP contribution in [0, 0.1) is 11.8 Å². The zero-order valence-corrected chi connectivity index (χ0v) is 15.4. The van der Waals surface area contributed by atoms with Gasteiger partial charge in [-0.05, 0) is 31.1 Å². The second kappa shape index (κ2) is 14.9. The minimum Gasteiger partial charge on any atom is -0.393 e. The Kier molecular flexibility index (Phi) is 14.9. The van der Waals surface area contributed by atoms with E-state index in [0.717, 1.165) is 31.1 Å². The van der Waals surface area contributed by atoms with Gasteiger partial charge in [0, 0.05) is 0 Å². The maximum atomic E-state index is 10.1. The van der Waals surface area contributed by atoms with Crippen molar-refractivity contribution in [3.8, 4) is 0 Å². The van der Waals surface area contributed by atoms with Crippen LogP contribution in [-0.2, 0) is 0 Å². The smallest absolute Gasteiger partial charge is 0.0542 e. The molecule has 0 saturated carbocycles. The van der Waals surface area contributed by atoms with E-state index in [9.17, 15) is 5.11 Å². The summed E-state index contributed by atoms with van der Waals surface area (Å²) in [6.07, 6.45) is 16.7. The van der Waals surface area contributed by atoms with Crippen molar-refractivity contribution in [2.75, 3.05) is 0 Å². The van der Waals surface area contributed by atoms with E-state index in [1.807, 2.05) is 0 Å². The normalized spacial score (nSPS) is 15.9. The Hall–Kier alpha value is -0.0400. The number of rotatable bonds is 15. The Bertz CT molecular complexity index is 202. The molecular weight excluding hydrogens is 256 g/mol. The maximum Gasteiger partial charge on any atom is 0.0542 e. The fourth-order valence-corrected chi connectivity index (χ4v) is 3.47. The van der Waals surface area contributed by atoms with Gasteiger partial charge in [-0.3, -0.25) is 0 Å². The number of hydrogen-bond acceptors (Lipinski definition) is 1. The van der Waals surface area contributed by atoms with Crippen LogP contribution in [-0.4, -0.2) is 11.2 Å². The summed E-state index contributed by atoms with van der Waals surface area (Å²) in [5, 5.41) is 10.1. The summed E-state index contributed by atoms with van der Waals surface area (Å²) in [5.74, 6) is 1.64. The molecule has 1 nitrogen and oxygen atoms in total. The molecule has 0 aromatic heterocycles. The lowest BCUT2D eigenvalue weighted by Gasteiger charge is -2.25. The van der Waals surface area contributed by atoms with Gasteiger partial charge >= 0.3 is 0 Å². The first-order chi connectivity index (χ1) is 10.2. The second-order valence-electron chi connectivity index (χ2n) is 7.05. The minimum absolute atomic E-state index is 0.0631.